The highest BCUT2D eigenvalue weighted by atomic mass is 32.2. The normalized spacial score (nSPS) is 15.3. The van der Waals surface area contributed by atoms with Crippen LogP contribution in [0.25, 0.3) is 10.9 Å². The van der Waals surface area contributed by atoms with Crippen LogP contribution in [0.1, 0.15) is 33.6 Å². The van der Waals surface area contributed by atoms with Gasteiger partial charge in [-0.15, -0.1) is 0 Å². The van der Waals surface area contributed by atoms with Gasteiger partial charge in [0, 0.05) is 6.04 Å². The first-order valence-corrected chi connectivity index (χ1v) is 10.7. The van der Waals surface area contributed by atoms with Crippen LogP contribution in [0.2, 0.25) is 0 Å². The topological polar surface area (TPSA) is 68.4 Å². The van der Waals surface area contributed by atoms with Gasteiger partial charge in [-0.3, -0.25) is 14.2 Å². The Morgan fingerprint density at radius 1 is 1.33 bits per heavy atom. The van der Waals surface area contributed by atoms with Crippen molar-refractivity contribution in [1.29, 1.82) is 0 Å². The highest BCUT2D eigenvalue weighted by Gasteiger charge is 2.27. The van der Waals surface area contributed by atoms with E-state index in [1.165, 1.54) is 16.7 Å². The second-order valence-corrected chi connectivity index (χ2v) is 8.43. The second-order valence-electron chi connectivity index (χ2n) is 7.12. The lowest BCUT2D eigenvalue weighted by molar-refractivity contribution is -0.897. The van der Waals surface area contributed by atoms with Gasteiger partial charge in [-0.05, 0) is 45.7 Å². The summed E-state index contributed by atoms with van der Waals surface area (Å²) in [6.45, 7) is 9.70. The quantitative estimate of drug-likeness (QED) is 0.497. The molecular formula is C20H29N4O2S+. The van der Waals surface area contributed by atoms with E-state index in [4.69, 9.17) is 4.98 Å². The molecule has 1 saturated carbocycles. The number of thioether (sulfide) groups is 1. The standard InChI is InChI=1S/C20H28N4O2S/c1-4-23(5-2)12-13-24-19(26)16-8-6-7-9-17(16)22-20(24)27-14(3)18(25)21-15-10-11-15/h6-9,14-15H,4-5,10-13H2,1-3H3,(H,21,25)/p+1/t14-/m0/s1. The minimum atomic E-state index is -0.286. The van der Waals surface area contributed by atoms with Crippen LogP contribution in [0.3, 0.4) is 0 Å². The van der Waals surface area contributed by atoms with E-state index in [9.17, 15) is 9.59 Å². The number of carbonyl (C=O) groups is 1. The molecule has 1 aliphatic rings. The van der Waals surface area contributed by atoms with Gasteiger partial charge in [0.25, 0.3) is 5.56 Å². The van der Waals surface area contributed by atoms with Crippen molar-refractivity contribution >= 4 is 28.6 Å². The van der Waals surface area contributed by atoms with Gasteiger partial charge in [0.2, 0.25) is 5.91 Å². The fourth-order valence-electron chi connectivity index (χ4n) is 3.07. The van der Waals surface area contributed by atoms with Crippen LogP contribution in [-0.4, -0.2) is 46.4 Å². The molecule has 1 fully saturated rings. The first-order chi connectivity index (χ1) is 13.0. The number of benzene rings is 1. The first kappa shape index (κ1) is 19.9. The van der Waals surface area contributed by atoms with E-state index in [1.54, 1.807) is 4.57 Å². The Hall–Kier alpha value is -1.86. The van der Waals surface area contributed by atoms with Crippen LogP contribution >= 0.6 is 11.8 Å². The highest BCUT2D eigenvalue weighted by molar-refractivity contribution is 8.00. The average molecular weight is 390 g/mol. The Morgan fingerprint density at radius 3 is 2.70 bits per heavy atom. The van der Waals surface area contributed by atoms with Gasteiger partial charge >= 0.3 is 0 Å². The number of amides is 1. The molecule has 0 spiro atoms. The van der Waals surface area contributed by atoms with Crippen molar-refractivity contribution in [2.75, 3.05) is 19.6 Å². The maximum Gasteiger partial charge on any atom is 0.262 e. The van der Waals surface area contributed by atoms with Gasteiger partial charge in [0.15, 0.2) is 5.16 Å². The Balaban J connectivity index is 1.89. The molecule has 1 aromatic carbocycles. The fraction of sp³-hybridized carbons (Fsp3) is 0.550. The zero-order valence-corrected chi connectivity index (χ0v) is 17.1. The molecule has 0 unspecified atom stereocenters. The fourth-order valence-corrected chi connectivity index (χ4v) is 4.01. The lowest BCUT2D eigenvalue weighted by atomic mass is 10.2. The monoisotopic (exact) mass is 389 g/mol. The maximum atomic E-state index is 13.1. The van der Waals surface area contributed by atoms with Crippen LogP contribution in [0, 0.1) is 0 Å². The number of hydrogen-bond acceptors (Lipinski definition) is 4. The van der Waals surface area contributed by atoms with E-state index >= 15 is 0 Å². The summed E-state index contributed by atoms with van der Waals surface area (Å²) in [6, 6.07) is 7.76. The van der Waals surface area contributed by atoms with Crippen molar-refractivity contribution in [1.82, 2.24) is 14.9 Å². The molecule has 2 N–H and O–H groups in total. The zero-order valence-electron chi connectivity index (χ0n) is 16.3. The molecule has 0 aliphatic heterocycles. The molecule has 1 atom stereocenters. The number of likely N-dealkylation sites (N-methyl/N-ethyl adjacent to an activating group) is 1. The van der Waals surface area contributed by atoms with Crippen LogP contribution in [0.5, 0.6) is 0 Å². The molecular weight excluding hydrogens is 360 g/mol. The van der Waals surface area contributed by atoms with Gasteiger partial charge in [0.05, 0.1) is 42.3 Å². The van der Waals surface area contributed by atoms with Gasteiger partial charge < -0.3 is 10.2 Å². The van der Waals surface area contributed by atoms with E-state index in [2.05, 4.69) is 19.2 Å². The van der Waals surface area contributed by atoms with Crippen LogP contribution in [0.4, 0.5) is 0 Å². The summed E-state index contributed by atoms with van der Waals surface area (Å²) in [4.78, 5) is 31.6. The van der Waals surface area contributed by atoms with Crippen molar-refractivity contribution in [3.63, 3.8) is 0 Å². The predicted molar refractivity (Wildman–Crippen MR) is 109 cm³/mol. The summed E-state index contributed by atoms with van der Waals surface area (Å²) in [5.41, 5.74) is 0.663. The molecule has 146 valence electrons. The summed E-state index contributed by atoms with van der Waals surface area (Å²) in [5.74, 6) is 0.0193. The summed E-state index contributed by atoms with van der Waals surface area (Å²) in [5, 5.41) is 4.01. The van der Waals surface area contributed by atoms with Gasteiger partial charge in [0.1, 0.15) is 0 Å². The smallest absolute Gasteiger partial charge is 0.262 e. The Labute approximate surface area is 164 Å². The van der Waals surface area contributed by atoms with Crippen molar-refractivity contribution in [3.8, 4) is 0 Å². The van der Waals surface area contributed by atoms with E-state index in [0.29, 0.717) is 28.6 Å². The molecule has 1 aromatic heterocycles. The van der Waals surface area contributed by atoms with E-state index in [-0.39, 0.29) is 16.7 Å². The van der Waals surface area contributed by atoms with Crippen molar-refractivity contribution in [3.05, 3.63) is 34.6 Å². The van der Waals surface area contributed by atoms with Crippen molar-refractivity contribution in [2.24, 2.45) is 0 Å². The van der Waals surface area contributed by atoms with E-state index in [0.717, 1.165) is 32.5 Å². The SMILES string of the molecule is CC[NH+](CC)CCn1c(S[C@@H](C)C(=O)NC2CC2)nc2ccccc2c1=O. The zero-order chi connectivity index (χ0) is 19.4. The third-order valence-corrected chi connectivity index (χ3v) is 6.18. The third kappa shape index (κ3) is 4.90. The van der Waals surface area contributed by atoms with E-state index in [1.807, 2.05) is 31.2 Å². The number of rotatable bonds is 9. The molecule has 2 aromatic rings. The molecule has 1 aliphatic carbocycles. The van der Waals surface area contributed by atoms with E-state index < -0.39 is 0 Å². The molecule has 1 amide bonds. The number of hydrogen-bond donors (Lipinski definition) is 2. The minimum absolute atomic E-state index is 0.0193. The van der Waals surface area contributed by atoms with Gasteiger partial charge in [-0.25, -0.2) is 4.98 Å². The van der Waals surface area contributed by atoms with Crippen molar-refractivity contribution in [2.45, 2.75) is 56.6 Å². The largest absolute Gasteiger partial charge is 0.352 e. The molecule has 6 nitrogen and oxygen atoms in total. The lowest BCUT2D eigenvalue weighted by Crippen LogP contribution is -3.11. The maximum absolute atomic E-state index is 13.1. The number of aromatic nitrogens is 2. The molecule has 0 saturated heterocycles. The number of quaternary nitrogens is 1. The summed E-state index contributed by atoms with van der Waals surface area (Å²) >= 11 is 1.37. The average Bonchev–Trinajstić information content (AvgIpc) is 3.48. The number of nitrogens with zero attached hydrogens (tertiary/aromatic N) is 2. The minimum Gasteiger partial charge on any atom is -0.352 e. The van der Waals surface area contributed by atoms with Crippen LogP contribution in [0.15, 0.2) is 34.2 Å². The first-order valence-electron chi connectivity index (χ1n) is 9.83. The van der Waals surface area contributed by atoms with Crippen LogP contribution in [-0.2, 0) is 11.3 Å². The molecule has 27 heavy (non-hydrogen) atoms. The van der Waals surface area contributed by atoms with Crippen molar-refractivity contribution < 1.29 is 9.69 Å². The highest BCUT2D eigenvalue weighted by Crippen LogP contribution is 2.24. The third-order valence-electron chi connectivity index (χ3n) is 5.09. The van der Waals surface area contributed by atoms with Crippen LogP contribution < -0.4 is 15.8 Å². The number of nitrogens with one attached hydrogen (secondary N) is 2. The number of carbonyl (C=O) groups excluding carboxylic acids is 1. The Morgan fingerprint density at radius 2 is 2.04 bits per heavy atom. The summed E-state index contributed by atoms with van der Waals surface area (Å²) in [6.07, 6.45) is 2.13. The van der Waals surface area contributed by atoms with Gasteiger partial charge in [-0.1, -0.05) is 23.9 Å². The molecule has 0 bridgehead atoms. The number of fused-ring (bicyclic) bond motifs is 1. The summed E-state index contributed by atoms with van der Waals surface area (Å²) < 4.78 is 1.75. The molecule has 3 rings (SSSR count). The Bertz CT molecular complexity index is 859. The molecule has 1 heterocycles. The predicted octanol–water partition coefficient (Wildman–Crippen LogP) is 1.08. The summed E-state index contributed by atoms with van der Waals surface area (Å²) in [7, 11) is 0. The van der Waals surface area contributed by atoms with Gasteiger partial charge in [-0.2, -0.15) is 0 Å². The number of para-hydroxylation sites is 1. The Kier molecular flexibility index (Phi) is 6.55. The lowest BCUT2D eigenvalue weighted by Gasteiger charge is -2.19. The second kappa shape index (κ2) is 8.89. The molecule has 7 heteroatoms. The molecule has 0 radical (unpaired) electrons.